The summed E-state index contributed by atoms with van der Waals surface area (Å²) in [7, 11) is 0. The lowest BCUT2D eigenvalue weighted by Gasteiger charge is -1.96. The van der Waals surface area contributed by atoms with Gasteiger partial charge in [-0.25, -0.2) is 0 Å². The van der Waals surface area contributed by atoms with E-state index in [0.717, 1.165) is 15.8 Å². The lowest BCUT2D eigenvalue weighted by atomic mass is 10.2. The zero-order valence-corrected chi connectivity index (χ0v) is 9.98. The topological polar surface area (TPSA) is 41.5 Å². The molecule has 3 nitrogen and oxygen atoms in total. The highest BCUT2D eigenvalue weighted by atomic mass is 79.9. The summed E-state index contributed by atoms with van der Waals surface area (Å²) in [5.41, 5.74) is 0. The summed E-state index contributed by atoms with van der Waals surface area (Å²) in [4.78, 5) is 16.7. The highest BCUT2D eigenvalue weighted by Gasteiger charge is 2.25. The monoisotopic (exact) mass is 272 g/mol. The second-order valence-corrected chi connectivity index (χ2v) is 4.85. The van der Waals surface area contributed by atoms with Gasteiger partial charge in [-0.3, -0.25) is 9.79 Å². The molecular weight excluding hydrogens is 264 g/mol. The number of nitrogens with one attached hydrogen (secondary N) is 1. The molecular formula is C9H9BrN2OS. The maximum Gasteiger partial charge on any atom is 0.250 e. The molecule has 1 aliphatic rings. The Hall–Kier alpha value is -0.680. The molecule has 1 amide bonds. The zero-order valence-electron chi connectivity index (χ0n) is 7.58. The number of aliphatic imine (C=N–C) groups is 1. The minimum Gasteiger partial charge on any atom is -0.308 e. The molecule has 1 unspecified atom stereocenters. The number of amides is 1. The maximum absolute atomic E-state index is 11.4. The van der Waals surface area contributed by atoms with Crippen LogP contribution in [0.25, 0.3) is 0 Å². The first-order chi connectivity index (χ1) is 6.70. The predicted octanol–water partition coefficient (Wildman–Crippen LogP) is 2.17. The van der Waals surface area contributed by atoms with E-state index in [1.165, 1.54) is 0 Å². The largest absolute Gasteiger partial charge is 0.308 e. The summed E-state index contributed by atoms with van der Waals surface area (Å²) in [5, 5.41) is 4.76. The first-order valence-corrected chi connectivity index (χ1v) is 6.01. The lowest BCUT2D eigenvalue weighted by molar-refractivity contribution is -0.120. The number of carbonyl (C=O) groups excluding carboxylic acids is 1. The van der Waals surface area contributed by atoms with E-state index in [-0.39, 0.29) is 11.9 Å². The van der Waals surface area contributed by atoms with Gasteiger partial charge in [-0.2, -0.15) is 0 Å². The van der Waals surface area contributed by atoms with E-state index >= 15 is 0 Å². The van der Waals surface area contributed by atoms with E-state index in [1.807, 2.05) is 18.4 Å². The standard InChI is InChI=1S/C9H9BrN2OS/c1-2-6-9(13)12-8(11-6)7-3-5(10)4-14-7/h3-4,6H,2H2,1H3,(H,11,12,13). The zero-order chi connectivity index (χ0) is 10.1. The molecule has 0 bridgehead atoms. The quantitative estimate of drug-likeness (QED) is 0.881. The molecule has 0 aliphatic carbocycles. The smallest absolute Gasteiger partial charge is 0.250 e. The van der Waals surface area contributed by atoms with Crippen LogP contribution in [-0.2, 0) is 4.79 Å². The van der Waals surface area contributed by atoms with Gasteiger partial charge in [0.25, 0.3) is 0 Å². The van der Waals surface area contributed by atoms with Crippen LogP contribution in [0.3, 0.4) is 0 Å². The summed E-state index contributed by atoms with van der Waals surface area (Å²) in [6.07, 6.45) is 0.752. The predicted molar refractivity (Wildman–Crippen MR) is 60.8 cm³/mol. The first-order valence-electron chi connectivity index (χ1n) is 4.33. The van der Waals surface area contributed by atoms with Gasteiger partial charge in [-0.15, -0.1) is 11.3 Å². The Morgan fingerprint density at radius 2 is 2.50 bits per heavy atom. The van der Waals surface area contributed by atoms with Crippen molar-refractivity contribution in [3.05, 3.63) is 20.8 Å². The van der Waals surface area contributed by atoms with Gasteiger partial charge < -0.3 is 5.32 Å². The fourth-order valence-electron chi connectivity index (χ4n) is 1.29. The van der Waals surface area contributed by atoms with Gasteiger partial charge in [0.1, 0.15) is 11.9 Å². The van der Waals surface area contributed by atoms with Crippen molar-refractivity contribution in [1.82, 2.24) is 5.32 Å². The van der Waals surface area contributed by atoms with Crippen LogP contribution in [0.15, 0.2) is 20.9 Å². The average molecular weight is 273 g/mol. The van der Waals surface area contributed by atoms with Crippen LogP contribution in [-0.4, -0.2) is 17.8 Å². The SMILES string of the molecule is CCC1N=C(c2cc(Br)cs2)NC1=O. The summed E-state index contributed by atoms with van der Waals surface area (Å²) < 4.78 is 1.02. The van der Waals surface area contributed by atoms with Crippen molar-refractivity contribution >= 4 is 39.0 Å². The number of nitrogens with zero attached hydrogens (tertiary/aromatic N) is 1. The normalized spacial score (nSPS) is 20.9. The molecule has 2 rings (SSSR count). The first kappa shape index (κ1) is 9.86. The third-order valence-corrected chi connectivity index (χ3v) is 3.71. The molecule has 74 valence electrons. The second-order valence-electron chi connectivity index (χ2n) is 3.02. The summed E-state index contributed by atoms with van der Waals surface area (Å²) in [6.45, 7) is 1.96. The van der Waals surface area contributed by atoms with Crippen LogP contribution in [0.1, 0.15) is 18.2 Å². The Labute approximate surface area is 94.4 Å². The van der Waals surface area contributed by atoms with E-state index in [4.69, 9.17) is 0 Å². The fourth-order valence-corrected chi connectivity index (χ4v) is 2.66. The summed E-state index contributed by atoms with van der Waals surface area (Å²) in [5.74, 6) is 0.713. The number of rotatable bonds is 2. The molecule has 1 aromatic heterocycles. The minimum absolute atomic E-state index is 0.00650. The Morgan fingerprint density at radius 3 is 3.00 bits per heavy atom. The van der Waals surface area contributed by atoms with Gasteiger partial charge in [-0.05, 0) is 28.4 Å². The maximum atomic E-state index is 11.4. The Morgan fingerprint density at radius 1 is 1.71 bits per heavy atom. The van der Waals surface area contributed by atoms with Crippen LogP contribution in [0.5, 0.6) is 0 Å². The summed E-state index contributed by atoms with van der Waals surface area (Å²) >= 11 is 4.94. The van der Waals surface area contributed by atoms with E-state index < -0.39 is 0 Å². The lowest BCUT2D eigenvalue weighted by Crippen LogP contribution is -2.28. The molecule has 0 saturated carbocycles. The molecule has 1 atom stereocenters. The number of amidine groups is 1. The molecule has 0 saturated heterocycles. The van der Waals surface area contributed by atoms with Gasteiger partial charge in [-0.1, -0.05) is 6.92 Å². The molecule has 5 heteroatoms. The van der Waals surface area contributed by atoms with Crippen LogP contribution in [0.2, 0.25) is 0 Å². The van der Waals surface area contributed by atoms with Crippen LogP contribution >= 0.6 is 27.3 Å². The van der Waals surface area contributed by atoms with Gasteiger partial charge >= 0.3 is 0 Å². The molecule has 1 N–H and O–H groups in total. The van der Waals surface area contributed by atoms with Crippen molar-refractivity contribution in [1.29, 1.82) is 0 Å². The number of hydrogen-bond donors (Lipinski definition) is 1. The summed E-state index contributed by atoms with van der Waals surface area (Å²) in [6, 6.07) is 1.76. The van der Waals surface area contributed by atoms with Crippen LogP contribution in [0, 0.1) is 0 Å². The van der Waals surface area contributed by atoms with Crippen molar-refractivity contribution in [2.75, 3.05) is 0 Å². The van der Waals surface area contributed by atoms with Crippen molar-refractivity contribution in [2.24, 2.45) is 4.99 Å². The average Bonchev–Trinajstić information content (AvgIpc) is 2.71. The molecule has 14 heavy (non-hydrogen) atoms. The molecule has 1 aliphatic heterocycles. The van der Waals surface area contributed by atoms with Gasteiger partial charge in [0.05, 0.1) is 4.88 Å². The third-order valence-electron chi connectivity index (χ3n) is 2.02. The molecule has 0 aromatic carbocycles. The van der Waals surface area contributed by atoms with Crippen LogP contribution < -0.4 is 5.32 Å². The molecule has 0 fully saturated rings. The Kier molecular flexibility index (Phi) is 2.69. The van der Waals surface area contributed by atoms with Gasteiger partial charge in [0, 0.05) is 9.85 Å². The van der Waals surface area contributed by atoms with Gasteiger partial charge in [0.15, 0.2) is 0 Å². The third kappa shape index (κ3) is 1.74. The molecule has 1 aromatic rings. The van der Waals surface area contributed by atoms with Crippen molar-refractivity contribution < 1.29 is 4.79 Å². The minimum atomic E-state index is -0.203. The number of carbonyl (C=O) groups is 1. The van der Waals surface area contributed by atoms with Gasteiger partial charge in [0.2, 0.25) is 5.91 Å². The molecule has 0 spiro atoms. The Balaban J connectivity index is 2.25. The Bertz CT molecular complexity index is 399. The number of hydrogen-bond acceptors (Lipinski definition) is 3. The van der Waals surface area contributed by atoms with E-state index in [9.17, 15) is 4.79 Å². The molecule has 2 heterocycles. The van der Waals surface area contributed by atoms with E-state index in [1.54, 1.807) is 11.3 Å². The van der Waals surface area contributed by atoms with Crippen molar-refractivity contribution in [3.8, 4) is 0 Å². The van der Waals surface area contributed by atoms with E-state index in [0.29, 0.717) is 5.84 Å². The molecule has 0 radical (unpaired) electrons. The fraction of sp³-hybridized carbons (Fsp3) is 0.333. The van der Waals surface area contributed by atoms with Crippen LogP contribution in [0.4, 0.5) is 0 Å². The second kappa shape index (κ2) is 3.82. The number of thiophene rings is 1. The highest BCUT2D eigenvalue weighted by molar-refractivity contribution is 9.10. The van der Waals surface area contributed by atoms with Crippen molar-refractivity contribution in [2.45, 2.75) is 19.4 Å². The highest BCUT2D eigenvalue weighted by Crippen LogP contribution is 2.21. The number of halogens is 1. The van der Waals surface area contributed by atoms with Crippen molar-refractivity contribution in [3.63, 3.8) is 0 Å². The van der Waals surface area contributed by atoms with E-state index in [2.05, 4.69) is 26.2 Å².